The van der Waals surface area contributed by atoms with Crippen molar-refractivity contribution < 1.29 is 18.7 Å². The summed E-state index contributed by atoms with van der Waals surface area (Å²) in [7, 11) is 0. The summed E-state index contributed by atoms with van der Waals surface area (Å²) in [5.74, 6) is -1.56. The third-order valence-electron chi connectivity index (χ3n) is 4.95. The zero-order valence-corrected chi connectivity index (χ0v) is 17.4. The van der Waals surface area contributed by atoms with Crippen molar-refractivity contribution in [3.8, 4) is 0 Å². The van der Waals surface area contributed by atoms with Gasteiger partial charge in [-0.2, -0.15) is 0 Å². The van der Waals surface area contributed by atoms with Gasteiger partial charge in [-0.05, 0) is 48.4 Å². The summed E-state index contributed by atoms with van der Waals surface area (Å²) in [5, 5.41) is 0.206. The lowest BCUT2D eigenvalue weighted by molar-refractivity contribution is -0.149. The van der Waals surface area contributed by atoms with Gasteiger partial charge >= 0.3 is 5.97 Å². The van der Waals surface area contributed by atoms with Gasteiger partial charge in [0.15, 0.2) is 6.04 Å². The van der Waals surface area contributed by atoms with Gasteiger partial charge in [0.1, 0.15) is 5.82 Å². The van der Waals surface area contributed by atoms with Crippen molar-refractivity contribution in [2.45, 2.75) is 38.9 Å². The number of nitrogens with zero attached hydrogens (tertiary/aromatic N) is 3. The molecule has 1 aromatic carbocycles. The van der Waals surface area contributed by atoms with E-state index in [1.165, 1.54) is 11.0 Å². The number of aryl methyl sites for hydroxylation is 1. The first kappa shape index (κ1) is 18.7. The van der Waals surface area contributed by atoms with Gasteiger partial charge in [0.25, 0.3) is 5.91 Å². The van der Waals surface area contributed by atoms with E-state index >= 15 is 0 Å². The highest BCUT2D eigenvalue weighted by molar-refractivity contribution is 14.1. The number of rotatable bonds is 4. The van der Waals surface area contributed by atoms with Crippen LogP contribution in [0.25, 0.3) is 0 Å². The molecule has 0 saturated heterocycles. The van der Waals surface area contributed by atoms with Crippen LogP contribution in [-0.4, -0.2) is 32.9 Å². The predicted molar refractivity (Wildman–Crippen MR) is 104 cm³/mol. The maximum Gasteiger partial charge on any atom is 0.335 e. The lowest BCUT2D eigenvalue weighted by Gasteiger charge is -2.25. The van der Waals surface area contributed by atoms with Crippen LogP contribution in [0.2, 0.25) is 5.02 Å². The quantitative estimate of drug-likeness (QED) is 0.364. The Morgan fingerprint density at radius 1 is 1.52 bits per heavy atom. The number of amides is 1. The fourth-order valence-electron chi connectivity index (χ4n) is 3.75. The van der Waals surface area contributed by atoms with Crippen LogP contribution in [0.4, 0.5) is 4.39 Å². The van der Waals surface area contributed by atoms with E-state index in [-0.39, 0.29) is 29.3 Å². The average molecular weight is 504 g/mol. The summed E-state index contributed by atoms with van der Waals surface area (Å²) >= 11 is 8.17. The predicted octanol–water partition coefficient (Wildman–Crippen LogP) is 3.49. The smallest absolute Gasteiger partial charge is 0.335 e. The van der Waals surface area contributed by atoms with Crippen LogP contribution in [0.3, 0.4) is 0 Å². The summed E-state index contributed by atoms with van der Waals surface area (Å²) < 4.78 is 22.1. The van der Waals surface area contributed by atoms with Crippen LogP contribution in [0.5, 0.6) is 0 Å². The minimum Gasteiger partial charge on any atom is -0.464 e. The molecule has 6 nitrogen and oxygen atoms in total. The molecule has 142 valence electrons. The maximum absolute atomic E-state index is 14.5. The molecule has 0 fully saturated rings. The van der Waals surface area contributed by atoms with E-state index in [0.29, 0.717) is 9.26 Å². The third kappa shape index (κ3) is 2.93. The van der Waals surface area contributed by atoms with E-state index in [2.05, 4.69) is 4.98 Å². The zero-order chi connectivity index (χ0) is 19.3. The van der Waals surface area contributed by atoms with Crippen LogP contribution in [0.15, 0.2) is 12.4 Å². The molecule has 0 spiro atoms. The summed E-state index contributed by atoms with van der Waals surface area (Å²) in [6, 6.07) is 0.277. The molecule has 27 heavy (non-hydrogen) atoms. The first-order valence-electron chi connectivity index (χ1n) is 8.61. The Hall–Kier alpha value is -1.68. The van der Waals surface area contributed by atoms with Crippen molar-refractivity contribution in [2.24, 2.45) is 0 Å². The Morgan fingerprint density at radius 2 is 2.30 bits per heavy atom. The number of hydrogen-bond donors (Lipinski definition) is 0. The monoisotopic (exact) mass is 503 g/mol. The third-order valence-corrected chi connectivity index (χ3v) is 6.51. The molecule has 1 atom stereocenters. The van der Waals surface area contributed by atoms with Crippen LogP contribution in [0, 0.1) is 9.39 Å². The highest BCUT2D eigenvalue weighted by Gasteiger charge is 2.43. The topological polar surface area (TPSA) is 64.4 Å². The standard InChI is InChI=1S/C18H16ClFIN3O3/c1-2-27-18(26)16(15-12-4-3-5-23(12)8-22-15)24-7-9-10(20)6-11(21)14(19)13(9)17(24)25/h6,8,16H,2-5,7H2,1H3. The van der Waals surface area contributed by atoms with Crippen LogP contribution in [-0.2, 0) is 29.0 Å². The number of imidazole rings is 1. The molecular weight excluding hydrogens is 488 g/mol. The number of carbonyl (C=O) groups excluding carboxylic acids is 2. The lowest BCUT2D eigenvalue weighted by atomic mass is 10.1. The van der Waals surface area contributed by atoms with Gasteiger partial charge in [-0.1, -0.05) is 11.6 Å². The Balaban J connectivity index is 1.80. The van der Waals surface area contributed by atoms with Crippen molar-refractivity contribution >= 4 is 46.1 Å². The van der Waals surface area contributed by atoms with E-state index in [4.69, 9.17) is 16.3 Å². The molecule has 2 aliphatic heterocycles. The number of benzene rings is 1. The Labute approximate surface area is 173 Å². The largest absolute Gasteiger partial charge is 0.464 e. The summed E-state index contributed by atoms with van der Waals surface area (Å²) in [5.41, 5.74) is 1.73. The number of halogens is 3. The second-order valence-corrected chi connectivity index (χ2v) is 8.01. The van der Waals surface area contributed by atoms with Gasteiger partial charge in [-0.15, -0.1) is 0 Å². The molecule has 0 aliphatic carbocycles. The molecule has 4 rings (SSSR count). The van der Waals surface area contributed by atoms with E-state index < -0.39 is 23.7 Å². The van der Waals surface area contributed by atoms with Crippen molar-refractivity contribution in [2.75, 3.05) is 6.61 Å². The van der Waals surface area contributed by atoms with E-state index in [1.54, 1.807) is 13.3 Å². The molecule has 9 heteroatoms. The van der Waals surface area contributed by atoms with Crippen LogP contribution < -0.4 is 0 Å². The van der Waals surface area contributed by atoms with Gasteiger partial charge in [0.2, 0.25) is 0 Å². The molecule has 0 radical (unpaired) electrons. The summed E-state index contributed by atoms with van der Waals surface area (Å²) in [4.78, 5) is 31.6. The molecule has 1 aromatic heterocycles. The SMILES string of the molecule is CCOC(=O)C(c1ncn2c1CCC2)N1Cc2c(F)cc(I)c(Cl)c2C1=O. The summed E-state index contributed by atoms with van der Waals surface area (Å²) in [6.07, 6.45) is 3.40. The molecule has 2 aromatic rings. The van der Waals surface area contributed by atoms with E-state index in [0.717, 1.165) is 25.1 Å². The van der Waals surface area contributed by atoms with Gasteiger partial charge in [-0.25, -0.2) is 14.2 Å². The Morgan fingerprint density at radius 3 is 3.04 bits per heavy atom. The highest BCUT2D eigenvalue weighted by atomic mass is 127. The lowest BCUT2D eigenvalue weighted by Crippen LogP contribution is -2.36. The molecular formula is C18H16ClFIN3O3. The van der Waals surface area contributed by atoms with Crippen molar-refractivity contribution in [3.05, 3.63) is 49.3 Å². The van der Waals surface area contributed by atoms with Gasteiger partial charge in [0.05, 0.1) is 35.8 Å². The number of hydrogen-bond acceptors (Lipinski definition) is 4. The highest BCUT2D eigenvalue weighted by Crippen LogP contribution is 2.39. The average Bonchev–Trinajstić information content (AvgIpc) is 3.30. The number of carbonyl (C=O) groups is 2. The maximum atomic E-state index is 14.5. The van der Waals surface area contributed by atoms with Crippen LogP contribution in [0.1, 0.15) is 46.7 Å². The molecule has 0 saturated carbocycles. The first-order chi connectivity index (χ1) is 12.9. The van der Waals surface area contributed by atoms with Gasteiger partial charge in [-0.3, -0.25) is 4.79 Å². The summed E-state index contributed by atoms with van der Waals surface area (Å²) in [6.45, 7) is 2.65. The number of aromatic nitrogens is 2. The molecule has 0 N–H and O–H groups in total. The Kier molecular flexibility index (Phi) is 4.87. The van der Waals surface area contributed by atoms with Gasteiger partial charge in [0, 0.05) is 21.4 Å². The second kappa shape index (κ2) is 7.05. The van der Waals surface area contributed by atoms with Gasteiger partial charge < -0.3 is 14.2 Å². The molecule has 1 amide bonds. The normalized spacial score (nSPS) is 16.4. The van der Waals surface area contributed by atoms with Crippen molar-refractivity contribution in [1.29, 1.82) is 0 Å². The van der Waals surface area contributed by atoms with Crippen molar-refractivity contribution in [3.63, 3.8) is 0 Å². The number of esters is 1. The molecule has 1 unspecified atom stereocenters. The second-order valence-electron chi connectivity index (χ2n) is 6.47. The first-order valence-corrected chi connectivity index (χ1v) is 10.1. The van der Waals surface area contributed by atoms with E-state index in [9.17, 15) is 14.0 Å². The zero-order valence-electron chi connectivity index (χ0n) is 14.5. The fraction of sp³-hybridized carbons (Fsp3) is 0.389. The molecule has 3 heterocycles. The van der Waals surface area contributed by atoms with Crippen LogP contribution >= 0.6 is 34.2 Å². The minimum atomic E-state index is -1.02. The molecule has 2 aliphatic rings. The van der Waals surface area contributed by atoms with E-state index in [1.807, 2.05) is 27.2 Å². The minimum absolute atomic E-state index is 0.0492. The number of fused-ring (bicyclic) bond motifs is 2. The number of ether oxygens (including phenoxy) is 1. The molecule has 0 bridgehead atoms. The Bertz CT molecular complexity index is 962. The fourth-order valence-corrected chi connectivity index (χ4v) is 4.54. The van der Waals surface area contributed by atoms with Crippen molar-refractivity contribution in [1.82, 2.24) is 14.5 Å².